The van der Waals surface area contributed by atoms with E-state index in [1.54, 1.807) is 24.1 Å². The van der Waals surface area contributed by atoms with Crippen molar-refractivity contribution in [2.75, 3.05) is 11.9 Å². The highest BCUT2D eigenvalue weighted by molar-refractivity contribution is 7.14. The number of benzene rings is 1. The Hall–Kier alpha value is -1.59. The number of fused-ring (bicyclic) bond motifs is 1. The van der Waals surface area contributed by atoms with Crippen molar-refractivity contribution in [3.05, 3.63) is 39.9 Å². The van der Waals surface area contributed by atoms with Gasteiger partial charge in [0, 0.05) is 23.9 Å². The van der Waals surface area contributed by atoms with Crippen molar-refractivity contribution in [2.24, 2.45) is 0 Å². The first kappa shape index (κ1) is 13.4. The Bertz CT molecular complexity index is 671. The van der Waals surface area contributed by atoms with Crippen molar-refractivity contribution >= 4 is 34.0 Å². The minimum atomic E-state index is -0.502. The summed E-state index contributed by atoms with van der Waals surface area (Å²) < 4.78 is 5.70. The molecular weight excluding hydrogens is 296 g/mol. The lowest BCUT2D eigenvalue weighted by Crippen LogP contribution is -2.39. The maximum atomic E-state index is 12.4. The standard InChI is InChI=1S/C14H13ClN2O2S/c1-8-7-20-14(16-8)17(2)13(18)12-6-9-5-10(15)3-4-11(9)19-12/h3-5,7,12H,6H2,1-2H3/t12-/m1/s1. The van der Waals surface area contributed by atoms with E-state index in [0.717, 1.165) is 17.0 Å². The van der Waals surface area contributed by atoms with Crippen LogP contribution in [-0.2, 0) is 11.2 Å². The molecule has 2 aromatic rings. The van der Waals surface area contributed by atoms with Crippen LogP contribution >= 0.6 is 22.9 Å². The molecule has 20 heavy (non-hydrogen) atoms. The maximum Gasteiger partial charge on any atom is 0.269 e. The first-order chi connectivity index (χ1) is 9.54. The van der Waals surface area contributed by atoms with Crippen LogP contribution < -0.4 is 9.64 Å². The van der Waals surface area contributed by atoms with Gasteiger partial charge in [-0.05, 0) is 30.7 Å². The number of hydrogen-bond acceptors (Lipinski definition) is 4. The zero-order chi connectivity index (χ0) is 14.3. The smallest absolute Gasteiger partial charge is 0.269 e. The fourth-order valence-electron chi connectivity index (χ4n) is 2.16. The number of amides is 1. The number of aromatic nitrogens is 1. The molecule has 1 aliphatic rings. The molecule has 3 rings (SSSR count). The minimum absolute atomic E-state index is 0.0910. The average molecular weight is 309 g/mol. The Labute approximate surface area is 126 Å². The fourth-order valence-corrected chi connectivity index (χ4v) is 3.13. The Morgan fingerprint density at radius 1 is 1.55 bits per heavy atom. The largest absolute Gasteiger partial charge is 0.480 e. The lowest BCUT2D eigenvalue weighted by atomic mass is 10.1. The van der Waals surface area contributed by atoms with Crippen LogP contribution in [-0.4, -0.2) is 24.0 Å². The van der Waals surface area contributed by atoms with Gasteiger partial charge in [0.15, 0.2) is 11.2 Å². The van der Waals surface area contributed by atoms with E-state index in [0.29, 0.717) is 16.6 Å². The van der Waals surface area contributed by atoms with Crippen LogP contribution in [0.3, 0.4) is 0 Å². The molecule has 0 saturated carbocycles. The third-order valence-corrected chi connectivity index (χ3v) is 4.47. The molecule has 0 fully saturated rings. The highest BCUT2D eigenvalue weighted by Crippen LogP contribution is 2.32. The molecule has 1 amide bonds. The van der Waals surface area contributed by atoms with Crippen LogP contribution in [0.2, 0.25) is 5.02 Å². The first-order valence-electron chi connectivity index (χ1n) is 6.19. The van der Waals surface area contributed by atoms with Gasteiger partial charge in [-0.2, -0.15) is 0 Å². The van der Waals surface area contributed by atoms with E-state index in [4.69, 9.17) is 16.3 Å². The SMILES string of the molecule is Cc1csc(N(C)C(=O)[C@H]2Cc3cc(Cl)ccc3O2)n1. The normalized spacial score (nSPS) is 16.6. The Balaban J connectivity index is 1.77. The molecule has 0 bridgehead atoms. The summed E-state index contributed by atoms with van der Waals surface area (Å²) >= 11 is 7.40. The Morgan fingerprint density at radius 3 is 3.05 bits per heavy atom. The second kappa shape index (κ2) is 5.07. The number of ether oxygens (including phenoxy) is 1. The second-order valence-electron chi connectivity index (χ2n) is 4.73. The quantitative estimate of drug-likeness (QED) is 0.856. The van der Waals surface area contributed by atoms with E-state index < -0.39 is 6.10 Å². The van der Waals surface area contributed by atoms with Gasteiger partial charge in [-0.15, -0.1) is 11.3 Å². The lowest BCUT2D eigenvalue weighted by Gasteiger charge is -2.18. The minimum Gasteiger partial charge on any atom is -0.480 e. The second-order valence-corrected chi connectivity index (χ2v) is 6.00. The molecule has 0 saturated heterocycles. The number of carbonyl (C=O) groups excluding carboxylic acids is 1. The van der Waals surface area contributed by atoms with Crippen LogP contribution in [0.5, 0.6) is 5.75 Å². The summed E-state index contributed by atoms with van der Waals surface area (Å²) in [4.78, 5) is 18.3. The van der Waals surface area contributed by atoms with Crippen molar-refractivity contribution in [1.29, 1.82) is 0 Å². The maximum absolute atomic E-state index is 12.4. The molecule has 6 heteroatoms. The van der Waals surface area contributed by atoms with Crippen molar-refractivity contribution in [3.63, 3.8) is 0 Å². The van der Waals surface area contributed by atoms with E-state index in [1.165, 1.54) is 11.3 Å². The zero-order valence-electron chi connectivity index (χ0n) is 11.1. The molecule has 104 valence electrons. The number of halogens is 1. The number of aryl methyl sites for hydroxylation is 1. The van der Waals surface area contributed by atoms with Gasteiger partial charge in [0.25, 0.3) is 5.91 Å². The van der Waals surface area contributed by atoms with Crippen molar-refractivity contribution in [1.82, 2.24) is 4.98 Å². The number of hydrogen-bond donors (Lipinski definition) is 0. The van der Waals surface area contributed by atoms with Crippen molar-refractivity contribution in [3.8, 4) is 5.75 Å². The molecule has 1 aromatic heterocycles. The molecular formula is C14H13ClN2O2S. The molecule has 2 heterocycles. The van der Waals surface area contributed by atoms with Gasteiger partial charge in [0.2, 0.25) is 0 Å². The van der Waals surface area contributed by atoms with E-state index in [-0.39, 0.29) is 5.91 Å². The van der Waals surface area contributed by atoms with E-state index in [1.807, 2.05) is 18.4 Å². The summed E-state index contributed by atoms with van der Waals surface area (Å²) in [6.45, 7) is 1.90. The summed E-state index contributed by atoms with van der Waals surface area (Å²) in [6, 6.07) is 5.41. The predicted octanol–water partition coefficient (Wildman–Crippen LogP) is 3.07. The number of thiazole rings is 1. The molecule has 0 unspecified atom stereocenters. The number of anilines is 1. The van der Waals surface area contributed by atoms with Gasteiger partial charge in [-0.1, -0.05) is 11.6 Å². The first-order valence-corrected chi connectivity index (χ1v) is 7.45. The summed E-state index contributed by atoms with van der Waals surface area (Å²) in [5.41, 5.74) is 1.88. The van der Waals surface area contributed by atoms with Gasteiger partial charge < -0.3 is 4.74 Å². The van der Waals surface area contributed by atoms with Crippen molar-refractivity contribution in [2.45, 2.75) is 19.4 Å². The van der Waals surface area contributed by atoms with Gasteiger partial charge in [-0.3, -0.25) is 9.69 Å². The van der Waals surface area contributed by atoms with Crippen LogP contribution in [0.25, 0.3) is 0 Å². The number of likely N-dealkylation sites (N-methyl/N-ethyl adjacent to an activating group) is 1. The average Bonchev–Trinajstić information content (AvgIpc) is 3.02. The Kier molecular flexibility index (Phi) is 3.40. The molecule has 0 radical (unpaired) electrons. The highest BCUT2D eigenvalue weighted by Gasteiger charge is 2.32. The predicted molar refractivity (Wildman–Crippen MR) is 79.8 cm³/mol. The third-order valence-electron chi connectivity index (χ3n) is 3.20. The summed E-state index contributed by atoms with van der Waals surface area (Å²) in [7, 11) is 1.72. The van der Waals surface area contributed by atoms with Crippen LogP contribution in [0.15, 0.2) is 23.6 Å². The van der Waals surface area contributed by atoms with Crippen LogP contribution in [0, 0.1) is 6.92 Å². The van der Waals surface area contributed by atoms with E-state index >= 15 is 0 Å². The topological polar surface area (TPSA) is 42.4 Å². The summed E-state index contributed by atoms with van der Waals surface area (Å²) in [6.07, 6.45) is 0.0429. The van der Waals surface area contributed by atoms with E-state index in [9.17, 15) is 4.79 Å². The Morgan fingerprint density at radius 2 is 2.35 bits per heavy atom. The van der Waals surface area contributed by atoms with E-state index in [2.05, 4.69) is 4.98 Å². The number of nitrogens with zero attached hydrogens (tertiary/aromatic N) is 2. The highest BCUT2D eigenvalue weighted by atomic mass is 35.5. The number of rotatable bonds is 2. The monoisotopic (exact) mass is 308 g/mol. The van der Waals surface area contributed by atoms with Crippen molar-refractivity contribution < 1.29 is 9.53 Å². The van der Waals surface area contributed by atoms with Gasteiger partial charge >= 0.3 is 0 Å². The van der Waals surface area contributed by atoms with Crippen LogP contribution in [0.4, 0.5) is 5.13 Å². The third kappa shape index (κ3) is 2.39. The molecule has 4 nitrogen and oxygen atoms in total. The molecule has 1 atom stereocenters. The van der Waals surface area contributed by atoms with Gasteiger partial charge in [-0.25, -0.2) is 4.98 Å². The number of carbonyl (C=O) groups is 1. The summed E-state index contributed by atoms with van der Waals surface area (Å²) in [5.74, 6) is 0.642. The lowest BCUT2D eigenvalue weighted by molar-refractivity contribution is -0.124. The molecule has 0 N–H and O–H groups in total. The van der Waals surface area contributed by atoms with Gasteiger partial charge in [0.1, 0.15) is 5.75 Å². The fraction of sp³-hybridized carbons (Fsp3) is 0.286. The van der Waals surface area contributed by atoms with Crippen LogP contribution in [0.1, 0.15) is 11.3 Å². The molecule has 0 spiro atoms. The van der Waals surface area contributed by atoms with Gasteiger partial charge in [0.05, 0.1) is 5.69 Å². The summed E-state index contributed by atoms with van der Waals surface area (Å²) in [5, 5.41) is 3.26. The molecule has 1 aliphatic heterocycles. The molecule has 1 aromatic carbocycles. The zero-order valence-corrected chi connectivity index (χ0v) is 12.7. The molecule has 0 aliphatic carbocycles.